The van der Waals surface area contributed by atoms with Crippen molar-refractivity contribution >= 4 is 28.6 Å². The normalized spacial score (nSPS) is 13.7. The van der Waals surface area contributed by atoms with Crippen LogP contribution in [-0.2, 0) is 22.6 Å². The summed E-state index contributed by atoms with van der Waals surface area (Å²) in [7, 11) is 0. The summed E-state index contributed by atoms with van der Waals surface area (Å²) in [5.74, 6) is -0.660. The van der Waals surface area contributed by atoms with Gasteiger partial charge in [0.25, 0.3) is 0 Å². The third kappa shape index (κ3) is 4.39. The van der Waals surface area contributed by atoms with E-state index in [2.05, 4.69) is 5.32 Å². The topological polar surface area (TPSA) is 84.5 Å². The third-order valence-electron chi connectivity index (χ3n) is 5.20. The van der Waals surface area contributed by atoms with Crippen LogP contribution in [0.4, 0.5) is 5.69 Å². The van der Waals surface area contributed by atoms with Crippen molar-refractivity contribution in [3.8, 4) is 0 Å². The van der Waals surface area contributed by atoms with E-state index >= 15 is 0 Å². The van der Waals surface area contributed by atoms with Gasteiger partial charge >= 0.3 is 5.76 Å². The van der Waals surface area contributed by atoms with E-state index in [1.807, 2.05) is 29.2 Å². The first-order valence-corrected chi connectivity index (χ1v) is 9.85. The van der Waals surface area contributed by atoms with Crippen molar-refractivity contribution in [3.05, 3.63) is 64.6 Å². The molecule has 1 aromatic heterocycles. The second kappa shape index (κ2) is 8.34. The first-order valence-electron chi connectivity index (χ1n) is 9.85. The Morgan fingerprint density at radius 3 is 2.48 bits per heavy atom. The predicted molar refractivity (Wildman–Crippen MR) is 110 cm³/mol. The lowest BCUT2D eigenvalue weighted by molar-refractivity contribution is -0.130. The van der Waals surface area contributed by atoms with Gasteiger partial charge in [0.05, 0.1) is 5.52 Å². The average Bonchev–Trinajstić information content (AvgIpc) is 3.36. The maximum atomic E-state index is 12.4. The minimum atomic E-state index is -0.556. The molecule has 2 heterocycles. The van der Waals surface area contributed by atoms with Crippen LogP contribution in [-0.4, -0.2) is 34.4 Å². The van der Waals surface area contributed by atoms with Crippen LogP contribution in [0, 0.1) is 0 Å². The summed E-state index contributed by atoms with van der Waals surface area (Å²) in [5.41, 5.74) is 2.74. The zero-order chi connectivity index (χ0) is 20.2. The summed E-state index contributed by atoms with van der Waals surface area (Å²) >= 11 is 0. The van der Waals surface area contributed by atoms with Crippen molar-refractivity contribution < 1.29 is 14.0 Å². The molecule has 1 saturated heterocycles. The number of likely N-dealkylation sites (tertiary alicyclic amines) is 1. The number of rotatable bonds is 6. The molecule has 7 nitrogen and oxygen atoms in total. The summed E-state index contributed by atoms with van der Waals surface area (Å²) in [6, 6.07) is 14.4. The van der Waals surface area contributed by atoms with Gasteiger partial charge in [-0.15, -0.1) is 0 Å². The predicted octanol–water partition coefficient (Wildman–Crippen LogP) is 2.79. The minimum Gasteiger partial charge on any atom is -0.408 e. The molecule has 0 aliphatic carbocycles. The van der Waals surface area contributed by atoms with E-state index in [9.17, 15) is 14.4 Å². The largest absolute Gasteiger partial charge is 0.420 e. The lowest BCUT2D eigenvalue weighted by atomic mass is 10.1. The number of anilines is 1. The molecule has 0 saturated carbocycles. The number of hydrogen-bond donors (Lipinski definition) is 1. The van der Waals surface area contributed by atoms with Gasteiger partial charge in [0, 0.05) is 25.2 Å². The molecular weight excluding hydrogens is 370 g/mol. The number of nitrogens with one attached hydrogen (secondary N) is 1. The summed E-state index contributed by atoms with van der Waals surface area (Å²) in [6.45, 7) is 1.62. The van der Waals surface area contributed by atoms with Gasteiger partial charge < -0.3 is 14.6 Å². The van der Waals surface area contributed by atoms with Crippen LogP contribution in [0.2, 0.25) is 0 Å². The number of amides is 2. The van der Waals surface area contributed by atoms with Crippen LogP contribution in [0.15, 0.2) is 57.7 Å². The molecule has 0 spiro atoms. The Bertz CT molecular complexity index is 1080. The van der Waals surface area contributed by atoms with Gasteiger partial charge in [-0.3, -0.25) is 14.2 Å². The van der Waals surface area contributed by atoms with Gasteiger partial charge in [-0.25, -0.2) is 4.79 Å². The van der Waals surface area contributed by atoms with Crippen LogP contribution in [0.25, 0.3) is 11.1 Å². The Labute approximate surface area is 167 Å². The zero-order valence-electron chi connectivity index (χ0n) is 16.1. The SMILES string of the molecule is O=C(Cn1c(=O)oc2ccccc21)Nc1ccc(CCC(=O)N2CCCC2)cc1. The van der Waals surface area contributed by atoms with Crippen LogP contribution in [0.1, 0.15) is 24.8 Å². The van der Waals surface area contributed by atoms with Crippen molar-refractivity contribution in [3.63, 3.8) is 0 Å². The highest BCUT2D eigenvalue weighted by molar-refractivity contribution is 5.91. The fraction of sp³-hybridized carbons (Fsp3) is 0.318. The molecule has 1 fully saturated rings. The van der Waals surface area contributed by atoms with Gasteiger partial charge in [-0.2, -0.15) is 0 Å². The lowest BCUT2D eigenvalue weighted by Gasteiger charge is -2.15. The summed E-state index contributed by atoms with van der Waals surface area (Å²) in [6.07, 6.45) is 3.38. The van der Waals surface area contributed by atoms with E-state index < -0.39 is 5.76 Å². The molecule has 7 heteroatoms. The number of benzene rings is 2. The molecular formula is C22H23N3O4. The first kappa shape index (κ1) is 19.0. The fourth-order valence-corrected chi connectivity index (χ4v) is 3.64. The molecule has 4 rings (SSSR count). The number of fused-ring (bicyclic) bond motifs is 1. The number of aromatic nitrogens is 1. The molecule has 3 aromatic rings. The van der Waals surface area contributed by atoms with E-state index in [0.29, 0.717) is 29.6 Å². The molecule has 1 aliphatic heterocycles. The number of hydrogen-bond acceptors (Lipinski definition) is 4. The second-order valence-corrected chi connectivity index (χ2v) is 7.25. The van der Waals surface area contributed by atoms with Crippen molar-refractivity contribution in [1.82, 2.24) is 9.47 Å². The fourth-order valence-electron chi connectivity index (χ4n) is 3.64. The summed E-state index contributed by atoms with van der Waals surface area (Å²) in [4.78, 5) is 38.4. The lowest BCUT2D eigenvalue weighted by Crippen LogP contribution is -2.27. The molecule has 0 atom stereocenters. The summed E-state index contributed by atoms with van der Waals surface area (Å²) < 4.78 is 6.45. The molecule has 150 valence electrons. The van der Waals surface area contributed by atoms with Crippen LogP contribution < -0.4 is 11.1 Å². The van der Waals surface area contributed by atoms with E-state index in [1.54, 1.807) is 24.3 Å². The maximum Gasteiger partial charge on any atom is 0.420 e. The van der Waals surface area contributed by atoms with Crippen LogP contribution in [0.3, 0.4) is 0 Å². The molecule has 0 unspecified atom stereocenters. The first-order chi connectivity index (χ1) is 14.1. The minimum absolute atomic E-state index is 0.123. The molecule has 1 aliphatic rings. The van der Waals surface area contributed by atoms with E-state index in [1.165, 1.54) is 4.57 Å². The highest BCUT2D eigenvalue weighted by Gasteiger charge is 2.17. The number of nitrogens with zero attached hydrogens (tertiary/aromatic N) is 2. The average molecular weight is 393 g/mol. The van der Waals surface area contributed by atoms with Crippen LogP contribution in [0.5, 0.6) is 0 Å². The maximum absolute atomic E-state index is 12.4. The molecule has 1 N–H and O–H groups in total. The van der Waals surface area contributed by atoms with E-state index in [-0.39, 0.29) is 18.4 Å². The molecule has 29 heavy (non-hydrogen) atoms. The van der Waals surface area contributed by atoms with Gasteiger partial charge in [0.15, 0.2) is 5.58 Å². The Balaban J connectivity index is 1.33. The smallest absolute Gasteiger partial charge is 0.408 e. The van der Waals surface area contributed by atoms with Crippen molar-refractivity contribution in [1.29, 1.82) is 0 Å². The Morgan fingerprint density at radius 1 is 1.00 bits per heavy atom. The molecule has 0 radical (unpaired) electrons. The highest BCUT2D eigenvalue weighted by Crippen LogP contribution is 2.15. The van der Waals surface area contributed by atoms with E-state index in [0.717, 1.165) is 31.5 Å². The van der Waals surface area contributed by atoms with Gasteiger partial charge in [-0.1, -0.05) is 24.3 Å². The van der Waals surface area contributed by atoms with Gasteiger partial charge in [0.2, 0.25) is 11.8 Å². The van der Waals surface area contributed by atoms with E-state index in [4.69, 9.17) is 4.42 Å². The van der Waals surface area contributed by atoms with Crippen molar-refractivity contribution in [2.45, 2.75) is 32.2 Å². The number of oxazole rings is 1. The monoisotopic (exact) mass is 393 g/mol. The second-order valence-electron chi connectivity index (χ2n) is 7.25. The summed E-state index contributed by atoms with van der Waals surface area (Å²) in [5, 5.41) is 2.79. The number of carbonyl (C=O) groups excluding carboxylic acids is 2. The zero-order valence-corrected chi connectivity index (χ0v) is 16.1. The van der Waals surface area contributed by atoms with Crippen molar-refractivity contribution in [2.24, 2.45) is 0 Å². The third-order valence-corrected chi connectivity index (χ3v) is 5.20. The number of aryl methyl sites for hydroxylation is 1. The standard InChI is InChI=1S/C22H23N3O4/c26-20(15-25-18-5-1-2-6-19(18)29-22(25)28)23-17-10-7-16(8-11-17)9-12-21(27)24-13-3-4-14-24/h1-2,5-8,10-11H,3-4,9,12-15H2,(H,23,26). The highest BCUT2D eigenvalue weighted by atomic mass is 16.4. The van der Waals surface area contributed by atoms with Crippen molar-refractivity contribution in [2.75, 3.05) is 18.4 Å². The molecule has 2 amide bonds. The van der Waals surface area contributed by atoms with Gasteiger partial charge in [0.1, 0.15) is 6.54 Å². The Hall–Kier alpha value is -3.35. The molecule has 2 aromatic carbocycles. The number of para-hydroxylation sites is 2. The number of carbonyl (C=O) groups is 2. The Morgan fingerprint density at radius 2 is 1.72 bits per heavy atom. The van der Waals surface area contributed by atoms with Gasteiger partial charge in [-0.05, 0) is 49.1 Å². The molecule has 0 bridgehead atoms. The quantitative estimate of drug-likeness (QED) is 0.698. The Kier molecular flexibility index (Phi) is 5.46. The van der Waals surface area contributed by atoms with Crippen LogP contribution >= 0.6 is 0 Å².